The van der Waals surface area contributed by atoms with E-state index < -0.39 is 40.9 Å². The number of hydrogen-bond donors (Lipinski definition) is 3. The van der Waals surface area contributed by atoms with E-state index >= 15 is 0 Å². The van der Waals surface area contributed by atoms with Crippen LogP contribution in [0.4, 0.5) is 9.93 Å². The molecule has 3 N–H and O–H groups in total. The van der Waals surface area contributed by atoms with Gasteiger partial charge in [0.2, 0.25) is 0 Å². The van der Waals surface area contributed by atoms with Gasteiger partial charge in [-0.25, -0.2) is 14.6 Å². The predicted octanol–water partition coefficient (Wildman–Crippen LogP) is 3.42. The first kappa shape index (κ1) is 26.2. The zero-order chi connectivity index (χ0) is 25.2. The number of carboxylic acids is 1. The Morgan fingerprint density at radius 1 is 1.38 bits per heavy atom. The average molecular weight is 573 g/mol. The van der Waals surface area contributed by atoms with Crippen LogP contribution in [-0.2, 0) is 19.1 Å². The van der Waals surface area contributed by atoms with Gasteiger partial charge in [0.25, 0.3) is 11.8 Å². The summed E-state index contributed by atoms with van der Waals surface area (Å²) >= 11 is 5.81. The molecule has 2 aliphatic rings. The molecule has 0 saturated carbocycles. The molecular formula is C21H25BrN4O6S2. The summed E-state index contributed by atoms with van der Waals surface area (Å²) in [5, 5.41) is 16.6. The fourth-order valence-corrected chi connectivity index (χ4v) is 6.14. The first-order valence-corrected chi connectivity index (χ1v) is 13.4. The number of aromatic nitrogens is 1. The highest BCUT2D eigenvalue weighted by Crippen LogP contribution is 2.41. The lowest BCUT2D eigenvalue weighted by atomic mass is 10.0. The zero-order valence-corrected chi connectivity index (χ0v) is 22.2. The molecule has 13 heteroatoms. The van der Waals surface area contributed by atoms with Crippen LogP contribution < -0.4 is 10.6 Å². The number of alkyl halides is 1. The van der Waals surface area contributed by atoms with Gasteiger partial charge in [0.15, 0.2) is 5.13 Å². The number of amides is 3. The summed E-state index contributed by atoms with van der Waals surface area (Å²) in [6.07, 6.45) is 1.57. The molecule has 2 atom stereocenters. The fourth-order valence-electron chi connectivity index (χ4n) is 3.37. The maximum absolute atomic E-state index is 13.1. The Hall–Kier alpha value is -2.38. The number of rotatable bonds is 7. The second kappa shape index (κ2) is 10.5. The topological polar surface area (TPSA) is 138 Å². The van der Waals surface area contributed by atoms with Crippen LogP contribution in [0, 0.1) is 0 Å². The van der Waals surface area contributed by atoms with Crippen molar-refractivity contribution < 1.29 is 29.0 Å². The number of thiazole rings is 1. The van der Waals surface area contributed by atoms with Crippen LogP contribution in [0.5, 0.6) is 0 Å². The Morgan fingerprint density at radius 3 is 2.68 bits per heavy atom. The number of ether oxygens (including phenoxy) is 1. The van der Waals surface area contributed by atoms with E-state index in [1.54, 1.807) is 32.2 Å². The van der Waals surface area contributed by atoms with E-state index in [0.29, 0.717) is 28.8 Å². The summed E-state index contributed by atoms with van der Waals surface area (Å²) in [7, 11) is 0. The van der Waals surface area contributed by atoms with E-state index in [9.17, 15) is 24.3 Å². The van der Waals surface area contributed by atoms with Crippen molar-refractivity contribution in [2.45, 2.75) is 51.1 Å². The summed E-state index contributed by atoms with van der Waals surface area (Å²) in [5.41, 5.74) is 0.535. The number of halogens is 1. The standard InChI is InChI=1S/C21H25BrN4O6S2/c1-5-6-11(12-9-34-19(23-12)25-20(31)32-21(2,3)4)15(27)24-13-16(28)26-14(18(29)30)10(7-22)8-33-17(13)26/h6,9,13,17H,5,7-8H2,1-4H3,(H,24,27)(H,29,30)(H,23,25,31)/t13-,17+/m1/s1. The molecule has 3 rings (SSSR count). The van der Waals surface area contributed by atoms with Crippen molar-refractivity contribution in [2.24, 2.45) is 0 Å². The van der Waals surface area contributed by atoms with Crippen LogP contribution in [0.1, 0.15) is 39.8 Å². The Balaban J connectivity index is 1.72. The van der Waals surface area contributed by atoms with Crippen molar-refractivity contribution in [2.75, 3.05) is 16.4 Å². The lowest BCUT2D eigenvalue weighted by Crippen LogP contribution is -2.70. The van der Waals surface area contributed by atoms with Gasteiger partial charge in [-0.2, -0.15) is 0 Å². The molecule has 0 radical (unpaired) electrons. The minimum absolute atomic E-state index is 0.0298. The number of nitrogens with zero attached hydrogens (tertiary/aromatic N) is 2. The molecule has 3 heterocycles. The van der Waals surface area contributed by atoms with E-state index in [4.69, 9.17) is 4.74 Å². The molecule has 0 aliphatic carbocycles. The smallest absolute Gasteiger partial charge is 0.413 e. The summed E-state index contributed by atoms with van der Waals surface area (Å²) in [6.45, 7) is 7.10. The van der Waals surface area contributed by atoms with Crippen LogP contribution in [0.25, 0.3) is 5.57 Å². The van der Waals surface area contributed by atoms with Crippen LogP contribution in [-0.4, -0.2) is 67.0 Å². The molecule has 1 saturated heterocycles. The van der Waals surface area contributed by atoms with Gasteiger partial charge in [-0.1, -0.05) is 28.9 Å². The number of allylic oxidation sites excluding steroid dienone is 1. The average Bonchev–Trinajstić information content (AvgIpc) is 3.20. The molecule has 1 aromatic rings. The second-order valence-corrected chi connectivity index (χ2v) is 11.0. The SMILES string of the molecule is CCC=C(C(=O)N[C@@H]1C(=O)N2C(C(=O)O)=C(CBr)CS[C@@H]12)c1csc(NC(=O)OC(C)(C)C)n1. The highest BCUT2D eigenvalue weighted by molar-refractivity contribution is 9.09. The van der Waals surface area contributed by atoms with Crippen LogP contribution in [0.2, 0.25) is 0 Å². The number of fused-ring (bicyclic) bond motifs is 1. The maximum Gasteiger partial charge on any atom is 0.413 e. The van der Waals surface area contributed by atoms with Gasteiger partial charge in [0.05, 0.1) is 11.3 Å². The molecule has 2 aliphatic heterocycles. The molecule has 34 heavy (non-hydrogen) atoms. The molecule has 0 aromatic carbocycles. The van der Waals surface area contributed by atoms with E-state index in [1.165, 1.54) is 16.7 Å². The van der Waals surface area contributed by atoms with Crippen LogP contribution in [0.3, 0.4) is 0 Å². The Morgan fingerprint density at radius 2 is 2.09 bits per heavy atom. The van der Waals surface area contributed by atoms with Gasteiger partial charge in [0.1, 0.15) is 22.7 Å². The summed E-state index contributed by atoms with van der Waals surface area (Å²) in [4.78, 5) is 55.1. The maximum atomic E-state index is 13.1. The van der Waals surface area contributed by atoms with Gasteiger partial charge in [0, 0.05) is 16.5 Å². The molecule has 3 amide bonds. The van der Waals surface area contributed by atoms with E-state index in [2.05, 4.69) is 31.5 Å². The number of thioether (sulfide) groups is 1. The van der Waals surface area contributed by atoms with E-state index in [-0.39, 0.29) is 16.4 Å². The van der Waals surface area contributed by atoms with Gasteiger partial charge in [-0.05, 0) is 32.8 Å². The van der Waals surface area contributed by atoms with Gasteiger partial charge in [-0.3, -0.25) is 19.8 Å². The van der Waals surface area contributed by atoms with Crippen molar-refractivity contribution in [1.82, 2.24) is 15.2 Å². The molecule has 0 spiro atoms. The lowest BCUT2D eigenvalue weighted by Gasteiger charge is -2.49. The minimum Gasteiger partial charge on any atom is -0.477 e. The number of hydrogen-bond acceptors (Lipinski definition) is 8. The van der Waals surface area contributed by atoms with Gasteiger partial charge >= 0.3 is 12.1 Å². The molecule has 1 aromatic heterocycles. The van der Waals surface area contributed by atoms with Crippen LogP contribution in [0.15, 0.2) is 22.7 Å². The van der Waals surface area contributed by atoms with E-state index in [1.807, 2.05) is 6.92 Å². The number of β-lactam (4-membered cyclic amide) rings is 1. The summed E-state index contributed by atoms with van der Waals surface area (Å²) in [5.74, 6) is -1.70. The molecule has 10 nitrogen and oxygen atoms in total. The number of nitrogens with one attached hydrogen (secondary N) is 2. The Kier molecular flexibility index (Phi) is 8.09. The first-order valence-electron chi connectivity index (χ1n) is 10.4. The third kappa shape index (κ3) is 5.63. The largest absolute Gasteiger partial charge is 0.477 e. The summed E-state index contributed by atoms with van der Waals surface area (Å²) < 4.78 is 5.21. The molecule has 0 bridgehead atoms. The molecule has 184 valence electrons. The lowest BCUT2D eigenvalue weighted by molar-refractivity contribution is -0.150. The van der Waals surface area contributed by atoms with Crippen molar-refractivity contribution in [1.29, 1.82) is 0 Å². The van der Waals surface area contributed by atoms with E-state index in [0.717, 1.165) is 11.3 Å². The Labute approximate surface area is 213 Å². The number of carbonyl (C=O) groups excluding carboxylic acids is 3. The second-order valence-electron chi connectivity index (χ2n) is 8.44. The normalized spacial score (nSPS) is 20.4. The third-order valence-corrected chi connectivity index (χ3v) is 7.51. The minimum atomic E-state index is -1.17. The highest BCUT2D eigenvalue weighted by atomic mass is 79.9. The Bertz CT molecular complexity index is 1080. The van der Waals surface area contributed by atoms with Crippen molar-refractivity contribution in [3.05, 3.63) is 28.4 Å². The first-order chi connectivity index (χ1) is 16.0. The summed E-state index contributed by atoms with van der Waals surface area (Å²) in [6, 6.07) is -0.845. The molecule has 1 fully saturated rings. The number of aliphatic carboxylic acids is 1. The highest BCUT2D eigenvalue weighted by Gasteiger charge is 2.54. The van der Waals surface area contributed by atoms with Gasteiger partial charge in [-0.15, -0.1) is 23.1 Å². The van der Waals surface area contributed by atoms with Crippen molar-refractivity contribution in [3.8, 4) is 0 Å². The quantitative estimate of drug-likeness (QED) is 0.256. The van der Waals surface area contributed by atoms with Crippen molar-refractivity contribution in [3.63, 3.8) is 0 Å². The fraction of sp³-hybridized carbons (Fsp3) is 0.476. The third-order valence-electron chi connectivity index (χ3n) is 4.74. The monoisotopic (exact) mass is 572 g/mol. The molecule has 0 unspecified atom stereocenters. The number of anilines is 1. The van der Waals surface area contributed by atoms with Crippen molar-refractivity contribution >= 4 is 73.6 Å². The number of carbonyl (C=O) groups is 4. The zero-order valence-electron chi connectivity index (χ0n) is 19.0. The van der Waals surface area contributed by atoms with Crippen LogP contribution >= 0.6 is 39.0 Å². The number of carboxylic acid groups (broad SMARTS) is 1. The predicted molar refractivity (Wildman–Crippen MR) is 134 cm³/mol. The van der Waals surface area contributed by atoms with Gasteiger partial charge < -0.3 is 15.2 Å². The molecular weight excluding hydrogens is 548 g/mol.